The number of hydrogen-bond acceptors (Lipinski definition) is 21. The van der Waals surface area contributed by atoms with Crippen LogP contribution in [-0.2, 0) is 30.1 Å². The van der Waals surface area contributed by atoms with Crippen molar-refractivity contribution in [1.29, 1.82) is 0 Å². The fourth-order valence-electron chi connectivity index (χ4n) is 8.11. The van der Waals surface area contributed by atoms with Crippen LogP contribution in [0, 0.1) is 82.9 Å². The monoisotopic (exact) mass is 1360 g/mol. The molecule has 0 saturated heterocycles. The predicted molar refractivity (Wildman–Crippen MR) is 345 cm³/mol. The van der Waals surface area contributed by atoms with Crippen molar-refractivity contribution in [3.05, 3.63) is 169 Å². The zero-order valence-corrected chi connectivity index (χ0v) is 53.2. The molecule has 3 amide bonds. The smallest absolute Gasteiger partial charge is 0.267 e. The molecule has 0 bridgehead atoms. The van der Waals surface area contributed by atoms with Gasteiger partial charge >= 0.3 is 0 Å². The van der Waals surface area contributed by atoms with Gasteiger partial charge in [-0.2, -0.15) is 0 Å². The highest BCUT2D eigenvalue weighted by Gasteiger charge is 2.31. The molecule has 0 unspecified atom stereocenters. The van der Waals surface area contributed by atoms with Gasteiger partial charge in [-0.3, -0.25) is 28.8 Å². The van der Waals surface area contributed by atoms with Crippen LogP contribution in [0.2, 0.25) is 0 Å². The lowest BCUT2D eigenvalue weighted by atomic mass is 10.0. The van der Waals surface area contributed by atoms with Gasteiger partial charge in [0.2, 0.25) is 17.7 Å². The number of benzene rings is 3. The van der Waals surface area contributed by atoms with Crippen molar-refractivity contribution in [3.8, 4) is 0 Å². The minimum Gasteiger partial charge on any atom is -0.337 e. The van der Waals surface area contributed by atoms with Gasteiger partial charge in [0.1, 0.15) is 29.3 Å². The van der Waals surface area contributed by atoms with Crippen LogP contribution >= 0.6 is 34.0 Å². The molecule has 9 aromatic rings. The van der Waals surface area contributed by atoms with Crippen LogP contribution in [0.25, 0.3) is 0 Å². The average Bonchev–Trinajstić information content (AvgIpc) is 0.870. The van der Waals surface area contributed by atoms with E-state index in [1.165, 1.54) is 41.3 Å². The van der Waals surface area contributed by atoms with Crippen molar-refractivity contribution in [3.63, 3.8) is 0 Å². The van der Waals surface area contributed by atoms with E-state index < -0.39 is 155 Å². The topological polar surface area (TPSA) is 355 Å². The van der Waals surface area contributed by atoms with Gasteiger partial charge in [0.25, 0.3) is 47.8 Å². The molecule has 0 fully saturated rings. The Morgan fingerprint density at radius 1 is 0.411 bits per heavy atom. The summed E-state index contributed by atoms with van der Waals surface area (Å²) < 4.78 is 236. The number of nitrogens with one attached hydrogen (secondary N) is 6. The van der Waals surface area contributed by atoms with Gasteiger partial charge in [0.05, 0.1) is 34.1 Å². The second kappa shape index (κ2) is 27.4. The second-order valence-electron chi connectivity index (χ2n) is 19.4. The fraction of sp³-hybridized carbons (Fsp3) is 0.250. The predicted octanol–water partition coefficient (Wildman–Crippen LogP) is 12.7. The van der Waals surface area contributed by atoms with Crippen molar-refractivity contribution in [2.45, 2.75) is 118 Å². The van der Waals surface area contributed by atoms with Gasteiger partial charge in [-0.1, -0.05) is 33.7 Å². The van der Waals surface area contributed by atoms with Crippen LogP contribution in [0.4, 0.5) is 34.7 Å². The Bertz CT molecular complexity index is 5410. The number of ketones is 3. The summed E-state index contributed by atoms with van der Waals surface area (Å²) in [5.74, 6) is -7.70. The number of hydrogen-bond donors (Lipinski definition) is 6. The molecule has 3 aromatic carbocycles. The Kier molecular flexibility index (Phi) is 14.3. The minimum atomic E-state index is -4.52. The number of sulfonamides is 3. The molecule has 90 heavy (non-hydrogen) atoms. The quantitative estimate of drug-likeness (QED) is 0.0435. The van der Waals surface area contributed by atoms with Crippen LogP contribution < -0.4 is 30.1 Å². The maximum atomic E-state index is 13.3. The summed E-state index contributed by atoms with van der Waals surface area (Å²) in [5.41, 5.74) is -0.111. The number of carbonyl (C=O) groups is 6. The van der Waals surface area contributed by atoms with E-state index in [1.54, 1.807) is 67.5 Å². The first-order valence-electron chi connectivity index (χ1n) is 34.4. The van der Waals surface area contributed by atoms with Gasteiger partial charge in [0, 0.05) is 58.1 Å². The Labute approximate surface area is 556 Å². The molecule has 0 saturated carbocycles. The fourth-order valence-corrected chi connectivity index (χ4v) is 15.2. The lowest BCUT2D eigenvalue weighted by Gasteiger charge is -2.14. The molecular formula is C60H63N9O15S6. The highest BCUT2D eigenvalue weighted by Crippen LogP contribution is 2.34. The highest BCUT2D eigenvalue weighted by molar-refractivity contribution is 7.93. The van der Waals surface area contributed by atoms with Crippen molar-refractivity contribution < 1.29 is 92.3 Å². The van der Waals surface area contributed by atoms with E-state index in [2.05, 4.69) is 40.9 Å². The van der Waals surface area contributed by atoms with E-state index in [4.69, 9.17) is 38.2 Å². The largest absolute Gasteiger partial charge is 0.337 e. The zero-order valence-electron chi connectivity index (χ0n) is 66.3. The van der Waals surface area contributed by atoms with E-state index in [0.29, 0.717) is 68.2 Å². The van der Waals surface area contributed by atoms with E-state index in [1.807, 2.05) is 4.72 Å². The Hall–Kier alpha value is -8.94. The molecule has 6 heterocycles. The van der Waals surface area contributed by atoms with Crippen molar-refractivity contribution >= 4 is 134 Å². The average molecular weight is 1360 g/mol. The first-order chi connectivity index (χ1) is 49.3. The van der Waals surface area contributed by atoms with Crippen LogP contribution in [0.15, 0.2) is 99.0 Å². The van der Waals surface area contributed by atoms with Gasteiger partial charge < -0.3 is 29.5 Å². The van der Waals surface area contributed by atoms with E-state index >= 15 is 0 Å². The zero-order chi connectivity index (χ0) is 81.6. The summed E-state index contributed by atoms with van der Waals surface area (Å²) in [4.78, 5) is 75.0. The first kappa shape index (κ1) is 47.1. The number of aromatic nitrogens is 3. The standard InChI is InChI=1S/3C20H21N3O5S2/c3*1-10-8-11(2)17(15(9-10)14(5)24)21-19(25)18-16(6-7-29-18)30(26,27)23-20-12(3)13(4)22-28-20/h3*6-9,23H,1-5H3,(H,21,25)/i1D3,2D3,5D3;3D3,5D3;5D3. The number of aryl methyl sites for hydroxylation is 9. The van der Waals surface area contributed by atoms with Crippen LogP contribution in [0.1, 0.15) is 172 Å². The maximum absolute atomic E-state index is 13.3. The summed E-state index contributed by atoms with van der Waals surface area (Å²) >= 11 is 2.31. The van der Waals surface area contributed by atoms with Gasteiger partial charge in [0.15, 0.2) is 17.3 Å². The summed E-state index contributed by atoms with van der Waals surface area (Å²) in [6, 6.07) is 10.9. The molecule has 24 nitrogen and oxygen atoms in total. The number of thiophene rings is 3. The van der Waals surface area contributed by atoms with Crippen LogP contribution in [0.5, 0.6) is 0 Å². The second-order valence-corrected chi connectivity index (χ2v) is 27.1. The number of carbonyl (C=O) groups excluding carboxylic acids is 6. The first-order valence-corrected chi connectivity index (χ1v) is 32.5. The molecule has 6 N–H and O–H groups in total. The summed E-state index contributed by atoms with van der Waals surface area (Å²) in [6.07, 6.45) is 0. The lowest BCUT2D eigenvalue weighted by Crippen LogP contribution is -2.20. The molecular weight excluding hydrogens is 1280 g/mol. The van der Waals surface area contributed by atoms with Crippen molar-refractivity contribution in [2.75, 3.05) is 30.1 Å². The maximum Gasteiger partial charge on any atom is 0.267 e. The Morgan fingerprint density at radius 3 is 1.02 bits per heavy atom. The molecule has 0 spiro atoms. The molecule has 30 heteroatoms. The molecule has 0 radical (unpaired) electrons. The minimum absolute atomic E-state index is 0.0122. The summed E-state index contributed by atoms with van der Waals surface area (Å²) in [7, 11) is -13.2. The third-order valence-electron chi connectivity index (χ3n) is 12.8. The van der Waals surface area contributed by atoms with Gasteiger partial charge in [-0.25, -0.2) is 39.4 Å². The molecule has 0 atom stereocenters. The third-order valence-corrected chi connectivity index (χ3v) is 20.0. The normalized spacial score (nSPS) is 15.2. The molecule has 0 aliphatic heterocycles. The SMILES string of the molecule is [2H]C([2H])([2H])C(=O)c1cc(C([2H])([2H])[2H])cc(C([2H])([2H])[2H])c1NC(=O)c1sccc1S(=O)(=O)Nc1onc(C)c1C.[2H]C([2H])([2H])C(=O)c1cc(C)cc(C)c1NC(=O)c1sccc1S(=O)(=O)Nc1onc(C)c1C.[2H]C([2H])([2H])C(=O)c1cc(C)cc(C)c1NC(=O)c1sccc1S(=O)(=O)Nc1onc(C)c1C([2H])([2H])[2H]. The molecule has 0 aliphatic rings. The van der Waals surface area contributed by atoms with Gasteiger partial charge in [-0.15, -0.1) is 34.0 Å². The van der Waals surface area contributed by atoms with Gasteiger partial charge in [-0.05, 0) is 189 Å². The highest BCUT2D eigenvalue weighted by atomic mass is 32.2. The van der Waals surface area contributed by atoms with Crippen LogP contribution in [0.3, 0.4) is 0 Å². The molecule has 9 rings (SSSR count). The lowest BCUT2D eigenvalue weighted by molar-refractivity contribution is 0.100. The third kappa shape index (κ3) is 15.4. The number of rotatable bonds is 18. The Balaban J connectivity index is 0.000000226. The van der Waals surface area contributed by atoms with E-state index in [0.717, 1.165) is 34.8 Å². The van der Waals surface area contributed by atoms with Crippen LogP contribution in [-0.4, -0.2) is 75.8 Å². The molecule has 474 valence electrons. The van der Waals surface area contributed by atoms with Crippen molar-refractivity contribution in [1.82, 2.24) is 15.5 Å². The van der Waals surface area contributed by atoms with E-state index in [-0.39, 0.29) is 54.6 Å². The van der Waals surface area contributed by atoms with Crippen molar-refractivity contribution in [2.24, 2.45) is 0 Å². The number of nitrogens with zero attached hydrogens (tertiary/aromatic N) is 3. The molecule has 0 aliphatic carbocycles. The number of anilines is 6. The Morgan fingerprint density at radius 2 is 0.722 bits per heavy atom. The number of amides is 3. The molecule has 6 aromatic heterocycles. The van der Waals surface area contributed by atoms with E-state index in [9.17, 15) is 54.0 Å². The summed E-state index contributed by atoms with van der Waals surface area (Å²) in [6.45, 7) is -3.66. The number of Topliss-reactive ketones (excluding diaryl/α,β-unsaturated/α-hetero) is 3. The summed E-state index contributed by atoms with van der Waals surface area (Å²) in [5, 5.41) is 22.0.